The molecule has 0 saturated carbocycles. The van der Waals surface area contributed by atoms with Crippen LogP contribution in [0.15, 0.2) is 42.5 Å². The van der Waals surface area contributed by atoms with Crippen LogP contribution in [-0.2, 0) is 19.1 Å². The van der Waals surface area contributed by atoms with Gasteiger partial charge in [0.05, 0.1) is 19.6 Å². The Morgan fingerprint density at radius 3 is 2.19 bits per heavy atom. The van der Waals surface area contributed by atoms with E-state index in [9.17, 15) is 9.59 Å². The SMILES string of the molecule is COC(=O)[C@@H](N[C@H](c1cccc2ccccc12)C(C)(C)C(=O)OC)C(C)C. The number of fused-ring (bicyclic) bond motifs is 1. The molecule has 2 aromatic carbocycles. The van der Waals surface area contributed by atoms with E-state index in [-0.39, 0.29) is 17.9 Å². The lowest BCUT2D eigenvalue weighted by Crippen LogP contribution is -2.50. The van der Waals surface area contributed by atoms with E-state index in [1.165, 1.54) is 14.2 Å². The summed E-state index contributed by atoms with van der Waals surface area (Å²) in [6.45, 7) is 7.54. The van der Waals surface area contributed by atoms with Crippen molar-refractivity contribution in [3.8, 4) is 0 Å². The zero-order valence-electron chi connectivity index (χ0n) is 16.9. The summed E-state index contributed by atoms with van der Waals surface area (Å²) in [6.07, 6.45) is 0. The van der Waals surface area contributed by atoms with E-state index in [4.69, 9.17) is 9.47 Å². The van der Waals surface area contributed by atoms with Gasteiger partial charge in [0, 0.05) is 6.04 Å². The molecule has 0 heterocycles. The number of methoxy groups -OCH3 is 2. The van der Waals surface area contributed by atoms with Crippen LogP contribution in [0.25, 0.3) is 10.8 Å². The summed E-state index contributed by atoms with van der Waals surface area (Å²) in [7, 11) is 2.75. The van der Waals surface area contributed by atoms with E-state index in [1.807, 2.05) is 70.2 Å². The molecule has 0 aliphatic carbocycles. The van der Waals surface area contributed by atoms with E-state index >= 15 is 0 Å². The fourth-order valence-electron chi connectivity index (χ4n) is 3.41. The number of nitrogens with one attached hydrogen (secondary N) is 1. The summed E-state index contributed by atoms with van der Waals surface area (Å²) in [5, 5.41) is 5.49. The summed E-state index contributed by atoms with van der Waals surface area (Å²) >= 11 is 0. The zero-order valence-corrected chi connectivity index (χ0v) is 16.9. The van der Waals surface area contributed by atoms with Gasteiger partial charge < -0.3 is 9.47 Å². The van der Waals surface area contributed by atoms with E-state index in [0.29, 0.717) is 0 Å². The first kappa shape index (κ1) is 20.9. The minimum absolute atomic E-state index is 0.0108. The van der Waals surface area contributed by atoms with Crippen LogP contribution in [0.3, 0.4) is 0 Å². The number of hydrogen-bond donors (Lipinski definition) is 1. The number of esters is 2. The third-order valence-electron chi connectivity index (χ3n) is 5.04. The van der Waals surface area contributed by atoms with Gasteiger partial charge in [-0.2, -0.15) is 0 Å². The van der Waals surface area contributed by atoms with Crippen molar-refractivity contribution in [1.82, 2.24) is 5.32 Å². The molecule has 0 spiro atoms. The van der Waals surface area contributed by atoms with Crippen molar-refractivity contribution in [3.63, 3.8) is 0 Å². The van der Waals surface area contributed by atoms with Gasteiger partial charge in [0.1, 0.15) is 6.04 Å². The van der Waals surface area contributed by atoms with Gasteiger partial charge in [-0.25, -0.2) is 0 Å². The van der Waals surface area contributed by atoms with Crippen molar-refractivity contribution in [2.24, 2.45) is 11.3 Å². The molecule has 2 atom stereocenters. The van der Waals surface area contributed by atoms with Crippen molar-refractivity contribution in [1.29, 1.82) is 0 Å². The maximum atomic E-state index is 12.6. The Labute approximate surface area is 161 Å². The molecule has 2 rings (SSSR count). The Kier molecular flexibility index (Phi) is 6.60. The number of hydrogen-bond acceptors (Lipinski definition) is 5. The molecule has 146 valence electrons. The van der Waals surface area contributed by atoms with Crippen LogP contribution in [0.2, 0.25) is 0 Å². The molecular weight excluding hydrogens is 342 g/mol. The largest absolute Gasteiger partial charge is 0.469 e. The molecular formula is C22H29NO4. The van der Waals surface area contributed by atoms with E-state index in [2.05, 4.69) is 5.32 Å². The molecule has 0 fully saturated rings. The van der Waals surface area contributed by atoms with Crippen molar-refractivity contribution >= 4 is 22.7 Å². The fraction of sp³-hybridized carbons (Fsp3) is 0.455. The zero-order chi connectivity index (χ0) is 20.2. The summed E-state index contributed by atoms with van der Waals surface area (Å²) in [6, 6.07) is 13.0. The van der Waals surface area contributed by atoms with Gasteiger partial charge in [-0.15, -0.1) is 0 Å². The van der Waals surface area contributed by atoms with Gasteiger partial charge in [0.25, 0.3) is 0 Å². The Balaban J connectivity index is 2.62. The molecule has 0 aliphatic heterocycles. The quantitative estimate of drug-likeness (QED) is 0.749. The predicted molar refractivity (Wildman–Crippen MR) is 106 cm³/mol. The lowest BCUT2D eigenvalue weighted by Gasteiger charge is -2.36. The highest BCUT2D eigenvalue weighted by Crippen LogP contribution is 2.38. The van der Waals surface area contributed by atoms with Gasteiger partial charge in [-0.3, -0.25) is 14.9 Å². The average Bonchev–Trinajstić information content (AvgIpc) is 2.66. The lowest BCUT2D eigenvalue weighted by molar-refractivity contribution is -0.154. The van der Waals surface area contributed by atoms with Crippen LogP contribution >= 0.6 is 0 Å². The standard InChI is InChI=1S/C22H29NO4/c1-14(2)18(20(24)26-5)23-19(22(3,4)21(25)27-6)17-13-9-11-15-10-7-8-12-16(15)17/h7-14,18-19,23H,1-6H3/t18-,19+/m0/s1. The van der Waals surface area contributed by atoms with Crippen molar-refractivity contribution in [2.45, 2.75) is 39.8 Å². The average molecular weight is 371 g/mol. The van der Waals surface area contributed by atoms with Gasteiger partial charge in [-0.1, -0.05) is 56.3 Å². The van der Waals surface area contributed by atoms with Crippen LogP contribution < -0.4 is 5.32 Å². The predicted octanol–water partition coefficient (Wildman–Crippen LogP) is 3.87. The first-order valence-corrected chi connectivity index (χ1v) is 9.14. The Morgan fingerprint density at radius 1 is 0.963 bits per heavy atom. The van der Waals surface area contributed by atoms with Crippen LogP contribution in [0.5, 0.6) is 0 Å². The lowest BCUT2D eigenvalue weighted by atomic mass is 9.78. The summed E-state index contributed by atoms with van der Waals surface area (Å²) < 4.78 is 10.0. The molecule has 5 nitrogen and oxygen atoms in total. The van der Waals surface area contributed by atoms with Crippen molar-refractivity contribution in [2.75, 3.05) is 14.2 Å². The third-order valence-corrected chi connectivity index (χ3v) is 5.04. The fourth-order valence-corrected chi connectivity index (χ4v) is 3.41. The highest BCUT2D eigenvalue weighted by molar-refractivity contribution is 5.88. The first-order chi connectivity index (χ1) is 12.7. The number of carbonyl (C=O) groups is 2. The molecule has 0 aliphatic rings. The second-order valence-corrected chi connectivity index (χ2v) is 7.63. The van der Waals surface area contributed by atoms with Gasteiger partial charge in [-0.05, 0) is 36.1 Å². The topological polar surface area (TPSA) is 64.6 Å². The van der Waals surface area contributed by atoms with Crippen LogP contribution in [0.4, 0.5) is 0 Å². The molecule has 1 N–H and O–H groups in total. The number of carbonyl (C=O) groups excluding carboxylic acids is 2. The van der Waals surface area contributed by atoms with E-state index in [0.717, 1.165) is 16.3 Å². The van der Waals surface area contributed by atoms with Gasteiger partial charge in [0.15, 0.2) is 0 Å². The molecule has 2 aromatic rings. The van der Waals surface area contributed by atoms with Crippen molar-refractivity contribution < 1.29 is 19.1 Å². The van der Waals surface area contributed by atoms with Gasteiger partial charge in [0.2, 0.25) is 0 Å². The number of ether oxygens (including phenoxy) is 2. The highest BCUT2D eigenvalue weighted by atomic mass is 16.5. The minimum atomic E-state index is -0.903. The molecule has 0 aromatic heterocycles. The summed E-state index contributed by atoms with van der Waals surface area (Å²) in [5.41, 5.74) is 0.0399. The third kappa shape index (κ3) is 4.30. The molecule has 0 amide bonds. The molecule has 5 heteroatoms. The van der Waals surface area contributed by atoms with Crippen LogP contribution in [-0.4, -0.2) is 32.2 Å². The molecule has 0 radical (unpaired) electrons. The summed E-state index contributed by atoms with van der Waals surface area (Å²) in [4.78, 5) is 24.9. The maximum Gasteiger partial charge on any atom is 0.323 e. The van der Waals surface area contributed by atoms with Crippen LogP contribution in [0.1, 0.15) is 39.3 Å². The molecule has 0 bridgehead atoms. The van der Waals surface area contributed by atoms with Crippen molar-refractivity contribution in [3.05, 3.63) is 48.0 Å². The number of benzene rings is 2. The normalized spacial score (nSPS) is 14.0. The van der Waals surface area contributed by atoms with Crippen LogP contribution in [0, 0.1) is 11.3 Å². The maximum absolute atomic E-state index is 12.6. The Morgan fingerprint density at radius 2 is 1.59 bits per heavy atom. The summed E-state index contributed by atoms with van der Waals surface area (Å²) in [5.74, 6) is -0.709. The van der Waals surface area contributed by atoms with Gasteiger partial charge >= 0.3 is 11.9 Å². The Bertz CT molecular complexity index is 808. The number of rotatable bonds is 7. The molecule has 0 saturated heterocycles. The molecule has 27 heavy (non-hydrogen) atoms. The van der Waals surface area contributed by atoms with E-state index in [1.54, 1.807) is 0 Å². The first-order valence-electron chi connectivity index (χ1n) is 9.14. The smallest absolute Gasteiger partial charge is 0.323 e. The second-order valence-electron chi connectivity index (χ2n) is 7.63. The highest BCUT2D eigenvalue weighted by Gasteiger charge is 2.42. The minimum Gasteiger partial charge on any atom is -0.469 e. The molecule has 0 unspecified atom stereocenters. The Hall–Kier alpha value is -2.40. The second kappa shape index (κ2) is 8.53. The monoisotopic (exact) mass is 371 g/mol. The van der Waals surface area contributed by atoms with E-state index < -0.39 is 17.5 Å².